The van der Waals surface area contributed by atoms with E-state index in [1.807, 2.05) is 6.07 Å². The Balaban J connectivity index is 1.64. The lowest BCUT2D eigenvalue weighted by molar-refractivity contribution is -0.191. The van der Waals surface area contributed by atoms with Crippen LogP contribution in [0.2, 0.25) is 0 Å². The van der Waals surface area contributed by atoms with E-state index in [2.05, 4.69) is 5.32 Å². The van der Waals surface area contributed by atoms with Crippen molar-refractivity contribution < 1.29 is 19.0 Å². The molecule has 0 aromatic rings. The Morgan fingerprint density at radius 3 is 2.67 bits per heavy atom. The summed E-state index contributed by atoms with van der Waals surface area (Å²) in [6.07, 6.45) is 3.39. The largest absolute Gasteiger partial charge is 0.368 e. The molecular weight excluding hydrogens is 236 g/mol. The van der Waals surface area contributed by atoms with Gasteiger partial charge in [-0.15, -0.1) is 0 Å². The molecule has 0 atom stereocenters. The molecule has 1 N–H and O–H groups in total. The van der Waals surface area contributed by atoms with Crippen LogP contribution in [0.15, 0.2) is 0 Å². The van der Waals surface area contributed by atoms with Crippen molar-refractivity contribution in [3.05, 3.63) is 0 Å². The van der Waals surface area contributed by atoms with Crippen LogP contribution in [-0.4, -0.2) is 44.2 Å². The van der Waals surface area contributed by atoms with Gasteiger partial charge in [0, 0.05) is 12.8 Å². The Bertz CT molecular complexity index is 323. The van der Waals surface area contributed by atoms with Crippen LogP contribution in [0, 0.1) is 11.3 Å². The first-order valence-corrected chi connectivity index (χ1v) is 6.27. The first kappa shape index (κ1) is 13.3. The summed E-state index contributed by atoms with van der Waals surface area (Å²) in [4.78, 5) is 11.3. The predicted molar refractivity (Wildman–Crippen MR) is 61.5 cm³/mol. The number of ether oxygens (including phenoxy) is 3. The highest BCUT2D eigenvalue weighted by atomic mass is 16.7. The quantitative estimate of drug-likeness (QED) is 0.731. The number of rotatable bonds is 4. The fraction of sp³-hybridized carbons (Fsp3) is 0.833. The number of carbonyl (C=O) groups excluding carboxylic acids is 1. The minimum absolute atomic E-state index is 0.0149. The molecule has 2 fully saturated rings. The molecule has 6 heteroatoms. The second-order valence-corrected chi connectivity index (χ2v) is 4.55. The maximum absolute atomic E-state index is 11.3. The summed E-state index contributed by atoms with van der Waals surface area (Å²) in [7, 11) is 0. The van der Waals surface area contributed by atoms with Crippen LogP contribution in [0.25, 0.3) is 0 Å². The summed E-state index contributed by atoms with van der Waals surface area (Å²) in [5.41, 5.74) is 0. The molecule has 0 bridgehead atoms. The maximum Gasteiger partial charge on any atom is 0.246 e. The Kier molecular flexibility index (Phi) is 4.53. The van der Waals surface area contributed by atoms with Crippen LogP contribution in [0.4, 0.5) is 0 Å². The van der Waals surface area contributed by atoms with Crippen LogP contribution in [0.1, 0.15) is 25.7 Å². The summed E-state index contributed by atoms with van der Waals surface area (Å²) < 4.78 is 16.7. The molecule has 0 unspecified atom stereocenters. The maximum atomic E-state index is 11.3. The molecule has 1 amide bonds. The van der Waals surface area contributed by atoms with E-state index in [-0.39, 0.29) is 30.9 Å². The average Bonchev–Trinajstić information content (AvgIpc) is 2.84. The lowest BCUT2D eigenvalue weighted by Crippen LogP contribution is -2.38. The zero-order valence-electron chi connectivity index (χ0n) is 10.3. The summed E-state index contributed by atoms with van der Waals surface area (Å²) in [5, 5.41) is 10.8. The van der Waals surface area contributed by atoms with Crippen molar-refractivity contribution in [2.75, 3.05) is 26.4 Å². The predicted octanol–water partition coefficient (Wildman–Crippen LogP) is 0.328. The van der Waals surface area contributed by atoms with E-state index in [0.29, 0.717) is 13.2 Å². The Labute approximate surface area is 106 Å². The Hall–Kier alpha value is -1.16. The third-order valence-corrected chi connectivity index (χ3v) is 3.32. The molecule has 18 heavy (non-hydrogen) atoms. The Morgan fingerprint density at radius 1 is 1.39 bits per heavy atom. The van der Waals surface area contributed by atoms with E-state index < -0.39 is 0 Å². The number of carbonyl (C=O) groups is 1. The van der Waals surface area contributed by atoms with Gasteiger partial charge in [-0.25, -0.2) is 0 Å². The molecular formula is C12H18N2O4. The number of amides is 1. The van der Waals surface area contributed by atoms with Crippen molar-refractivity contribution in [3.8, 4) is 6.07 Å². The number of hydrogen-bond acceptors (Lipinski definition) is 5. The van der Waals surface area contributed by atoms with Crippen molar-refractivity contribution in [2.24, 2.45) is 0 Å². The van der Waals surface area contributed by atoms with Crippen molar-refractivity contribution >= 4 is 5.91 Å². The molecule has 2 aliphatic rings. The summed E-state index contributed by atoms with van der Waals surface area (Å²) in [5.74, 6) is -0.631. The van der Waals surface area contributed by atoms with Crippen molar-refractivity contribution in [1.29, 1.82) is 5.26 Å². The monoisotopic (exact) mass is 254 g/mol. The van der Waals surface area contributed by atoms with Gasteiger partial charge >= 0.3 is 0 Å². The topological polar surface area (TPSA) is 80.6 Å². The molecule has 6 nitrogen and oxygen atoms in total. The molecule has 1 aliphatic heterocycles. The van der Waals surface area contributed by atoms with Gasteiger partial charge in [0.05, 0.1) is 25.4 Å². The number of nitrogens with zero attached hydrogens (tertiary/aromatic N) is 1. The van der Waals surface area contributed by atoms with Gasteiger partial charge in [0.15, 0.2) is 5.79 Å². The van der Waals surface area contributed by atoms with Gasteiger partial charge in [-0.3, -0.25) is 4.79 Å². The van der Waals surface area contributed by atoms with Gasteiger partial charge < -0.3 is 19.5 Å². The third kappa shape index (κ3) is 3.42. The first-order chi connectivity index (χ1) is 8.74. The van der Waals surface area contributed by atoms with E-state index in [1.54, 1.807) is 0 Å². The molecule has 1 saturated heterocycles. The number of hydrogen-bond donors (Lipinski definition) is 1. The molecule has 1 heterocycles. The standard InChI is InChI=1S/C12H18N2O4/c13-5-6-14-11(15)9-16-10-1-3-12(4-2-10)17-7-8-18-12/h10H,1-4,6-9H2,(H,14,15). The van der Waals surface area contributed by atoms with E-state index >= 15 is 0 Å². The average molecular weight is 254 g/mol. The first-order valence-electron chi connectivity index (χ1n) is 6.27. The normalized spacial score (nSPS) is 22.8. The van der Waals surface area contributed by atoms with Gasteiger partial charge in [-0.1, -0.05) is 0 Å². The Morgan fingerprint density at radius 2 is 2.06 bits per heavy atom. The van der Waals surface area contributed by atoms with Crippen LogP contribution < -0.4 is 5.32 Å². The van der Waals surface area contributed by atoms with Crippen LogP contribution in [-0.2, 0) is 19.0 Å². The number of nitrogens with one attached hydrogen (secondary N) is 1. The fourth-order valence-corrected chi connectivity index (χ4v) is 2.37. The minimum atomic E-state index is -0.386. The zero-order valence-corrected chi connectivity index (χ0v) is 10.3. The van der Waals surface area contributed by atoms with Gasteiger partial charge in [0.2, 0.25) is 5.91 Å². The second kappa shape index (κ2) is 6.14. The van der Waals surface area contributed by atoms with Crippen molar-refractivity contribution in [2.45, 2.75) is 37.6 Å². The molecule has 1 spiro atoms. The zero-order chi connectivity index (χ0) is 12.8. The molecule has 0 radical (unpaired) electrons. The molecule has 0 aromatic carbocycles. The highest BCUT2D eigenvalue weighted by Gasteiger charge is 2.40. The van der Waals surface area contributed by atoms with Gasteiger partial charge in [-0.05, 0) is 12.8 Å². The molecule has 1 aliphatic carbocycles. The van der Waals surface area contributed by atoms with Crippen molar-refractivity contribution in [1.82, 2.24) is 5.32 Å². The molecule has 0 aromatic heterocycles. The van der Waals surface area contributed by atoms with Crippen LogP contribution in [0.5, 0.6) is 0 Å². The third-order valence-electron chi connectivity index (χ3n) is 3.32. The minimum Gasteiger partial charge on any atom is -0.368 e. The van der Waals surface area contributed by atoms with Gasteiger partial charge in [0.25, 0.3) is 0 Å². The van der Waals surface area contributed by atoms with E-state index in [9.17, 15) is 4.79 Å². The summed E-state index contributed by atoms with van der Waals surface area (Å²) in [6.45, 7) is 1.38. The summed E-state index contributed by atoms with van der Waals surface area (Å²) >= 11 is 0. The van der Waals surface area contributed by atoms with Crippen molar-refractivity contribution in [3.63, 3.8) is 0 Å². The summed E-state index contributed by atoms with van der Waals surface area (Å²) in [6, 6.07) is 1.85. The fourth-order valence-electron chi connectivity index (χ4n) is 2.37. The highest BCUT2D eigenvalue weighted by molar-refractivity contribution is 5.77. The molecule has 1 saturated carbocycles. The van der Waals surface area contributed by atoms with Gasteiger partial charge in [0.1, 0.15) is 13.2 Å². The van der Waals surface area contributed by atoms with E-state index in [0.717, 1.165) is 25.7 Å². The van der Waals surface area contributed by atoms with E-state index in [4.69, 9.17) is 19.5 Å². The van der Waals surface area contributed by atoms with Crippen LogP contribution in [0.3, 0.4) is 0 Å². The van der Waals surface area contributed by atoms with E-state index in [1.165, 1.54) is 0 Å². The van der Waals surface area contributed by atoms with Gasteiger partial charge in [-0.2, -0.15) is 5.26 Å². The highest BCUT2D eigenvalue weighted by Crippen LogP contribution is 2.36. The molecule has 100 valence electrons. The SMILES string of the molecule is N#CCNC(=O)COC1CCC2(CC1)OCCO2. The smallest absolute Gasteiger partial charge is 0.246 e. The second-order valence-electron chi connectivity index (χ2n) is 4.55. The number of nitriles is 1. The lowest BCUT2D eigenvalue weighted by Gasteiger charge is -2.35. The molecule has 2 rings (SSSR count). The van der Waals surface area contributed by atoms with Crippen LogP contribution >= 0.6 is 0 Å². The lowest BCUT2D eigenvalue weighted by atomic mass is 9.92.